The summed E-state index contributed by atoms with van der Waals surface area (Å²) in [4.78, 5) is 53.2. The van der Waals surface area contributed by atoms with Gasteiger partial charge in [-0.1, -0.05) is 95.4 Å². The Bertz CT molecular complexity index is 1570. The molecular formula is C34H27IO9. The summed E-state index contributed by atoms with van der Waals surface area (Å²) in [5.74, 6) is -3.01. The van der Waals surface area contributed by atoms with Crippen LogP contribution in [0.15, 0.2) is 121 Å². The van der Waals surface area contributed by atoms with Crippen LogP contribution >= 0.6 is 22.6 Å². The fourth-order valence-corrected chi connectivity index (χ4v) is 5.25. The minimum absolute atomic E-state index is 0.197. The Morgan fingerprint density at radius 3 is 1.16 bits per heavy atom. The van der Waals surface area contributed by atoms with Crippen molar-refractivity contribution < 1.29 is 42.9 Å². The molecule has 4 aromatic carbocycles. The lowest BCUT2D eigenvalue weighted by molar-refractivity contribution is -0.272. The van der Waals surface area contributed by atoms with Gasteiger partial charge in [-0.3, -0.25) is 0 Å². The van der Waals surface area contributed by atoms with E-state index in [-0.39, 0.29) is 26.7 Å². The van der Waals surface area contributed by atoms with E-state index in [2.05, 4.69) is 0 Å². The molecule has 0 aliphatic carbocycles. The fourth-order valence-electron chi connectivity index (χ4n) is 4.54. The molecule has 0 bridgehead atoms. The lowest BCUT2D eigenvalue weighted by Gasteiger charge is -2.43. The molecule has 1 saturated heterocycles. The summed E-state index contributed by atoms with van der Waals surface area (Å²) >= 11 is 2.03. The third kappa shape index (κ3) is 7.50. The second-order valence-electron chi connectivity index (χ2n) is 9.68. The summed E-state index contributed by atoms with van der Waals surface area (Å²) in [6, 6.07) is 32.8. The molecule has 9 nitrogen and oxygen atoms in total. The minimum Gasteiger partial charge on any atom is -0.452 e. The minimum atomic E-state index is -1.52. The van der Waals surface area contributed by atoms with Gasteiger partial charge in [-0.05, 0) is 48.5 Å². The number of benzene rings is 4. The van der Waals surface area contributed by atoms with Crippen LogP contribution in [0, 0.1) is 0 Å². The van der Waals surface area contributed by atoms with Crippen LogP contribution in [0.3, 0.4) is 0 Å². The first-order chi connectivity index (χ1) is 21.4. The van der Waals surface area contributed by atoms with E-state index >= 15 is 0 Å². The molecule has 1 fully saturated rings. The third-order valence-electron chi connectivity index (χ3n) is 6.73. The fraction of sp³-hybridized carbons (Fsp3) is 0.176. The second-order valence-corrected chi connectivity index (χ2v) is 10.6. The van der Waals surface area contributed by atoms with Gasteiger partial charge < -0.3 is 23.7 Å². The van der Waals surface area contributed by atoms with Crippen LogP contribution in [0.1, 0.15) is 41.4 Å². The molecular weight excluding hydrogens is 679 g/mol. The number of halogens is 1. The first kappa shape index (κ1) is 30.9. The van der Waals surface area contributed by atoms with E-state index in [1.807, 2.05) is 22.6 Å². The predicted molar refractivity (Wildman–Crippen MR) is 166 cm³/mol. The van der Waals surface area contributed by atoms with Gasteiger partial charge in [0.15, 0.2) is 12.2 Å². The summed E-state index contributed by atoms with van der Waals surface area (Å²) in [7, 11) is 0. The Morgan fingerprint density at radius 2 is 0.795 bits per heavy atom. The molecule has 0 radical (unpaired) electrons. The highest BCUT2D eigenvalue weighted by molar-refractivity contribution is 14.1. The monoisotopic (exact) mass is 706 g/mol. The van der Waals surface area contributed by atoms with Crippen molar-refractivity contribution in [1.29, 1.82) is 0 Å². The summed E-state index contributed by atoms with van der Waals surface area (Å²) in [5, 5.41) is 0. The summed E-state index contributed by atoms with van der Waals surface area (Å²) < 4.78 is 29.9. The molecule has 1 aliphatic rings. The maximum Gasteiger partial charge on any atom is 0.340 e. The Kier molecular flexibility index (Phi) is 10.4. The number of rotatable bonds is 9. The van der Waals surface area contributed by atoms with Crippen molar-refractivity contribution in [2.24, 2.45) is 0 Å². The Balaban J connectivity index is 1.54. The van der Waals surface area contributed by atoms with Crippen molar-refractivity contribution in [3.63, 3.8) is 0 Å². The highest BCUT2D eigenvalue weighted by Crippen LogP contribution is 2.32. The van der Waals surface area contributed by atoms with Crippen LogP contribution < -0.4 is 0 Å². The molecule has 5 rings (SSSR count). The van der Waals surface area contributed by atoms with Crippen molar-refractivity contribution >= 4 is 46.5 Å². The molecule has 0 amide bonds. The average Bonchev–Trinajstić information content (AvgIpc) is 3.08. The van der Waals surface area contributed by atoms with Gasteiger partial charge in [0.1, 0.15) is 6.10 Å². The lowest BCUT2D eigenvalue weighted by Crippen LogP contribution is -2.62. The molecule has 0 aromatic heterocycles. The number of hydrogen-bond donors (Lipinski definition) is 0. The smallest absolute Gasteiger partial charge is 0.340 e. The highest BCUT2D eigenvalue weighted by Gasteiger charge is 2.54. The number of carbonyl (C=O) groups excluding carboxylic acids is 4. The van der Waals surface area contributed by atoms with Crippen molar-refractivity contribution in [1.82, 2.24) is 0 Å². The maximum absolute atomic E-state index is 13.4. The molecule has 5 atom stereocenters. The number of hydrogen-bond acceptors (Lipinski definition) is 9. The maximum atomic E-state index is 13.4. The largest absolute Gasteiger partial charge is 0.452 e. The van der Waals surface area contributed by atoms with Gasteiger partial charge in [0.05, 0.1) is 22.3 Å². The molecule has 0 unspecified atom stereocenters. The molecule has 0 spiro atoms. The van der Waals surface area contributed by atoms with Gasteiger partial charge in [0.2, 0.25) is 12.4 Å². The Morgan fingerprint density at radius 1 is 0.477 bits per heavy atom. The molecule has 1 aliphatic heterocycles. The molecule has 224 valence electrons. The first-order valence-corrected chi connectivity index (χ1v) is 15.2. The molecule has 4 aromatic rings. The number of esters is 4. The zero-order valence-electron chi connectivity index (χ0n) is 23.2. The predicted octanol–water partition coefficient (Wildman–Crippen LogP) is 5.68. The van der Waals surface area contributed by atoms with Crippen LogP contribution in [-0.4, -0.2) is 59.0 Å². The van der Waals surface area contributed by atoms with E-state index in [0.717, 1.165) is 0 Å². The van der Waals surface area contributed by atoms with Gasteiger partial charge in [-0.25, -0.2) is 19.2 Å². The average molecular weight is 706 g/mol. The van der Waals surface area contributed by atoms with E-state index in [1.54, 1.807) is 121 Å². The molecule has 0 saturated carbocycles. The van der Waals surface area contributed by atoms with Crippen molar-refractivity contribution in [3.05, 3.63) is 144 Å². The molecule has 1 heterocycles. The highest BCUT2D eigenvalue weighted by atomic mass is 127. The van der Waals surface area contributed by atoms with Crippen molar-refractivity contribution in [2.75, 3.05) is 4.43 Å². The molecule has 10 heteroatoms. The Hall–Kier alpha value is -4.55. The number of alkyl halides is 1. The van der Waals surface area contributed by atoms with E-state index in [9.17, 15) is 19.2 Å². The normalized spacial score (nSPS) is 21.0. The third-order valence-corrected chi connectivity index (χ3v) is 7.60. The summed E-state index contributed by atoms with van der Waals surface area (Å²) in [6.45, 7) is 0. The topological polar surface area (TPSA) is 114 Å². The van der Waals surface area contributed by atoms with Gasteiger partial charge in [0.25, 0.3) is 0 Å². The number of ether oxygens (including phenoxy) is 5. The van der Waals surface area contributed by atoms with E-state index in [1.165, 1.54) is 0 Å². The quantitative estimate of drug-likeness (QED) is 0.0939. The summed E-state index contributed by atoms with van der Waals surface area (Å²) in [6.07, 6.45) is -6.62. The van der Waals surface area contributed by atoms with Crippen LogP contribution in [0.25, 0.3) is 0 Å². The van der Waals surface area contributed by atoms with Crippen LogP contribution in [0.4, 0.5) is 0 Å². The van der Waals surface area contributed by atoms with Gasteiger partial charge >= 0.3 is 23.9 Å². The van der Waals surface area contributed by atoms with Crippen LogP contribution in [0.2, 0.25) is 0 Å². The van der Waals surface area contributed by atoms with E-state index < -0.39 is 54.6 Å². The van der Waals surface area contributed by atoms with Gasteiger partial charge in [-0.15, -0.1) is 0 Å². The van der Waals surface area contributed by atoms with Gasteiger partial charge in [0, 0.05) is 4.43 Å². The molecule has 44 heavy (non-hydrogen) atoms. The second kappa shape index (κ2) is 14.8. The van der Waals surface area contributed by atoms with E-state index in [0.29, 0.717) is 0 Å². The van der Waals surface area contributed by atoms with Crippen molar-refractivity contribution in [3.8, 4) is 0 Å². The Labute approximate surface area is 267 Å². The first-order valence-electron chi connectivity index (χ1n) is 13.7. The standard InChI is InChI=1S/C34H27IO9/c35-21-26-27(41-30(36)22-13-5-1-6-14-22)28(42-31(37)23-15-7-2-8-16-23)29(43-32(38)24-17-9-3-10-18-24)34(40-26)44-33(39)25-19-11-4-12-20-25/h1-20,26-29,34H,21H2/t26-,27-,28+,29-,34+/m1/s1. The lowest BCUT2D eigenvalue weighted by atomic mass is 9.98. The summed E-state index contributed by atoms with van der Waals surface area (Å²) in [5.41, 5.74) is 0.890. The van der Waals surface area contributed by atoms with Gasteiger partial charge in [-0.2, -0.15) is 0 Å². The van der Waals surface area contributed by atoms with Crippen LogP contribution in [0.5, 0.6) is 0 Å². The van der Waals surface area contributed by atoms with Crippen LogP contribution in [-0.2, 0) is 23.7 Å². The number of carbonyl (C=O) groups is 4. The zero-order chi connectivity index (χ0) is 30.9. The molecule has 0 N–H and O–H groups in total. The SMILES string of the molecule is O=C(O[C@@H]1O[C@H](CI)[C@@H](OC(=O)c2ccccc2)[C@H](OC(=O)c2ccccc2)[C@H]1OC(=O)c1ccccc1)c1ccccc1. The van der Waals surface area contributed by atoms with Crippen molar-refractivity contribution in [2.45, 2.75) is 30.7 Å². The zero-order valence-corrected chi connectivity index (χ0v) is 25.4. The van der Waals surface area contributed by atoms with E-state index in [4.69, 9.17) is 23.7 Å².